The SMILES string of the molecule is [N-]=C1C(=[N-])c2nc3ccc(C(=O)O)cc3nc2-c2ccccc21.[Rh+2].c1ccc(-c2ccccn2)nc1.c1ccc(-c2ccccn2)nc1. The van der Waals surface area contributed by atoms with E-state index in [1.807, 2.05) is 72.8 Å². The summed E-state index contributed by atoms with van der Waals surface area (Å²) in [5, 5.41) is 29.5. The summed E-state index contributed by atoms with van der Waals surface area (Å²) in [6, 6.07) is 34.5. The van der Waals surface area contributed by atoms with Gasteiger partial charge in [-0.25, -0.2) is 14.8 Å². The van der Waals surface area contributed by atoms with Gasteiger partial charge in [-0.2, -0.15) is 5.71 Å². The number of pyridine rings is 4. The number of benzene rings is 2. The summed E-state index contributed by atoms with van der Waals surface area (Å²) in [5.74, 6) is -1.05. The average molecular weight is 716 g/mol. The molecule has 0 saturated carbocycles. The molecule has 1 aliphatic carbocycles. The molecule has 233 valence electrons. The minimum atomic E-state index is -1.05. The van der Waals surface area contributed by atoms with Crippen LogP contribution in [-0.4, -0.2) is 52.4 Å². The molecule has 0 bridgehead atoms. The molecule has 5 aromatic heterocycles. The molecule has 0 atom stereocenters. The number of aromatic carboxylic acids is 1. The molecule has 48 heavy (non-hydrogen) atoms. The number of nitrogens with zero attached hydrogens (tertiary/aromatic N) is 8. The van der Waals surface area contributed by atoms with Gasteiger partial charge in [0, 0.05) is 30.4 Å². The molecule has 1 radical (unpaired) electrons. The van der Waals surface area contributed by atoms with Crippen LogP contribution in [0.2, 0.25) is 0 Å². The number of aromatic nitrogens is 6. The number of hydrogen-bond acceptors (Lipinski definition) is 7. The van der Waals surface area contributed by atoms with Gasteiger partial charge in [0.05, 0.1) is 50.8 Å². The first-order chi connectivity index (χ1) is 23.0. The van der Waals surface area contributed by atoms with Crippen LogP contribution >= 0.6 is 0 Å². The van der Waals surface area contributed by atoms with Crippen molar-refractivity contribution >= 4 is 28.4 Å². The van der Waals surface area contributed by atoms with Gasteiger partial charge in [-0.3, -0.25) is 19.9 Å². The summed E-state index contributed by atoms with van der Waals surface area (Å²) in [5.41, 5.74) is 5.71. The van der Waals surface area contributed by atoms with Gasteiger partial charge < -0.3 is 15.9 Å². The van der Waals surface area contributed by atoms with Crippen molar-refractivity contribution in [1.82, 2.24) is 29.9 Å². The van der Waals surface area contributed by atoms with Gasteiger partial charge in [-0.15, -0.1) is 5.71 Å². The third-order valence-corrected chi connectivity index (χ3v) is 6.98. The van der Waals surface area contributed by atoms with E-state index in [1.54, 1.807) is 49.1 Å². The van der Waals surface area contributed by atoms with Crippen molar-refractivity contribution in [2.45, 2.75) is 0 Å². The largest absolute Gasteiger partial charge is 2.00 e. The van der Waals surface area contributed by atoms with E-state index in [1.165, 1.54) is 18.2 Å². The molecule has 10 nitrogen and oxygen atoms in total. The maximum absolute atomic E-state index is 11.1. The van der Waals surface area contributed by atoms with E-state index < -0.39 is 5.97 Å². The zero-order valence-electron chi connectivity index (χ0n) is 25.0. The molecule has 0 amide bonds. The Labute approximate surface area is 288 Å². The van der Waals surface area contributed by atoms with E-state index in [4.69, 9.17) is 5.11 Å². The van der Waals surface area contributed by atoms with Crippen LogP contribution in [0.25, 0.3) is 55.9 Å². The Balaban J connectivity index is 0.000000153. The minimum Gasteiger partial charge on any atom is -0.804 e. The second kappa shape index (κ2) is 15.4. The second-order valence-corrected chi connectivity index (χ2v) is 10.0. The van der Waals surface area contributed by atoms with E-state index in [2.05, 4.69) is 29.9 Å². The van der Waals surface area contributed by atoms with Gasteiger partial charge in [0.2, 0.25) is 0 Å². The fourth-order valence-corrected chi connectivity index (χ4v) is 4.73. The van der Waals surface area contributed by atoms with Crippen LogP contribution in [0.5, 0.6) is 0 Å². The first-order valence-electron chi connectivity index (χ1n) is 14.4. The topological polar surface area (TPSA) is 159 Å². The van der Waals surface area contributed by atoms with Gasteiger partial charge >= 0.3 is 25.4 Å². The van der Waals surface area contributed by atoms with Crippen molar-refractivity contribution in [1.29, 1.82) is 0 Å². The Morgan fingerprint density at radius 2 is 0.938 bits per heavy atom. The number of rotatable bonds is 3. The van der Waals surface area contributed by atoms with E-state index >= 15 is 0 Å². The number of fused-ring (bicyclic) bond motifs is 4. The molecular weight excluding hydrogens is 691 g/mol. The quantitative estimate of drug-likeness (QED) is 0.191. The zero-order valence-corrected chi connectivity index (χ0v) is 26.7. The van der Waals surface area contributed by atoms with Crippen molar-refractivity contribution in [3.8, 4) is 34.0 Å². The van der Waals surface area contributed by atoms with Crippen molar-refractivity contribution in [2.75, 3.05) is 0 Å². The van der Waals surface area contributed by atoms with Gasteiger partial charge in [0.25, 0.3) is 0 Å². The molecule has 0 fully saturated rings. The Hall–Kier alpha value is -6.19. The standard InChI is InChI=1S/C17H8N4O2.2C10H8N2.Rh/c18-13-9-3-1-2-4-10(9)15-16(14(13)19)20-11-6-5-8(17(22)23)7-12(11)21-15;2*1-3-7-11-9(5-1)10-6-2-4-8-12-10;/h1-7H,(H,22,23);2*1-8H;/q-2;;;+2. The summed E-state index contributed by atoms with van der Waals surface area (Å²) >= 11 is 0. The number of carbonyl (C=O) groups is 1. The maximum Gasteiger partial charge on any atom is 2.00 e. The number of hydrogen-bond donors (Lipinski definition) is 1. The van der Waals surface area contributed by atoms with Crippen LogP contribution in [0.15, 0.2) is 140 Å². The molecular formula is C37H24N8O2Rh. The summed E-state index contributed by atoms with van der Waals surface area (Å²) in [6.07, 6.45) is 7.07. The van der Waals surface area contributed by atoms with Crippen molar-refractivity contribution < 1.29 is 29.4 Å². The van der Waals surface area contributed by atoms with Crippen molar-refractivity contribution in [2.24, 2.45) is 0 Å². The molecule has 11 heteroatoms. The predicted molar refractivity (Wildman–Crippen MR) is 182 cm³/mol. The molecule has 0 unspecified atom stereocenters. The molecule has 2 aromatic carbocycles. The summed E-state index contributed by atoms with van der Waals surface area (Å²) in [6.45, 7) is 0. The van der Waals surface area contributed by atoms with Gasteiger partial charge in [0.1, 0.15) is 0 Å². The average Bonchev–Trinajstić information content (AvgIpc) is 3.15. The van der Waals surface area contributed by atoms with Crippen molar-refractivity contribution in [3.05, 3.63) is 168 Å². The van der Waals surface area contributed by atoms with Crippen LogP contribution in [0.1, 0.15) is 21.6 Å². The maximum atomic E-state index is 11.1. The molecule has 0 saturated heterocycles. The summed E-state index contributed by atoms with van der Waals surface area (Å²) < 4.78 is 0. The smallest absolute Gasteiger partial charge is 0.804 e. The first kappa shape index (κ1) is 33.2. The molecule has 1 N–H and O–H groups in total. The van der Waals surface area contributed by atoms with Crippen LogP contribution < -0.4 is 0 Å². The van der Waals surface area contributed by atoms with Gasteiger partial charge in [-0.1, -0.05) is 48.5 Å². The second-order valence-electron chi connectivity index (χ2n) is 10.0. The van der Waals surface area contributed by atoms with E-state index in [-0.39, 0.29) is 42.2 Å². The fourth-order valence-electron chi connectivity index (χ4n) is 4.73. The summed E-state index contributed by atoms with van der Waals surface area (Å²) in [4.78, 5) is 36.6. The molecule has 0 spiro atoms. The Morgan fingerprint density at radius 3 is 1.38 bits per heavy atom. The third-order valence-electron chi connectivity index (χ3n) is 6.98. The molecule has 1 aliphatic rings. The first-order valence-corrected chi connectivity index (χ1v) is 14.4. The van der Waals surface area contributed by atoms with Crippen molar-refractivity contribution in [3.63, 3.8) is 0 Å². The monoisotopic (exact) mass is 715 g/mol. The molecule has 8 rings (SSSR count). The Kier molecular flexibility index (Phi) is 10.6. The minimum absolute atomic E-state index is 0. The van der Waals surface area contributed by atoms with Crippen LogP contribution in [0, 0.1) is 0 Å². The van der Waals surface area contributed by atoms with E-state index in [0.29, 0.717) is 27.9 Å². The zero-order chi connectivity index (χ0) is 32.6. The molecule has 5 heterocycles. The summed E-state index contributed by atoms with van der Waals surface area (Å²) in [7, 11) is 0. The fraction of sp³-hybridized carbons (Fsp3) is 0. The number of carboxylic acid groups (broad SMARTS) is 1. The van der Waals surface area contributed by atoms with E-state index in [0.717, 1.165) is 22.8 Å². The predicted octanol–water partition coefficient (Wildman–Crippen LogP) is 7.01. The van der Waals surface area contributed by atoms with Crippen LogP contribution in [0.4, 0.5) is 0 Å². The molecule has 0 aliphatic heterocycles. The van der Waals surface area contributed by atoms with Crippen LogP contribution in [-0.2, 0) is 19.5 Å². The normalized spacial score (nSPS) is 11.0. The Morgan fingerprint density at radius 1 is 0.500 bits per heavy atom. The van der Waals surface area contributed by atoms with Crippen LogP contribution in [0.3, 0.4) is 0 Å². The van der Waals surface area contributed by atoms with Gasteiger partial charge in [0.15, 0.2) is 0 Å². The van der Waals surface area contributed by atoms with Gasteiger partial charge in [-0.05, 0) is 72.3 Å². The number of carboxylic acids is 1. The third kappa shape index (κ3) is 7.44. The van der Waals surface area contributed by atoms with E-state index in [9.17, 15) is 15.6 Å². The molecule has 7 aromatic rings. The Bertz CT molecular complexity index is 2050.